The number of aliphatic hydroxyl groups excluding tert-OH is 1. The number of hydrogen-bond acceptors (Lipinski definition) is 3. The van der Waals surface area contributed by atoms with E-state index >= 15 is 0 Å². The highest BCUT2D eigenvalue weighted by Gasteiger charge is 2.25. The summed E-state index contributed by atoms with van der Waals surface area (Å²) < 4.78 is 0. The fourth-order valence-corrected chi connectivity index (χ4v) is 3.13. The number of anilines is 1. The van der Waals surface area contributed by atoms with Gasteiger partial charge in [0.15, 0.2) is 0 Å². The Bertz CT molecular complexity index is 390. The van der Waals surface area contributed by atoms with E-state index in [0.29, 0.717) is 6.04 Å². The van der Waals surface area contributed by atoms with Crippen molar-refractivity contribution >= 4 is 5.69 Å². The Morgan fingerprint density at radius 1 is 1.37 bits per heavy atom. The van der Waals surface area contributed by atoms with Crippen molar-refractivity contribution in [2.24, 2.45) is 0 Å². The molecule has 3 nitrogen and oxygen atoms in total. The minimum atomic E-state index is 0.255. The molecule has 1 aliphatic heterocycles. The summed E-state index contributed by atoms with van der Waals surface area (Å²) in [4.78, 5) is 2.40. The fourth-order valence-electron chi connectivity index (χ4n) is 3.13. The topological polar surface area (TPSA) is 35.5 Å². The number of benzene rings is 1. The molecule has 2 N–H and O–H groups in total. The van der Waals surface area contributed by atoms with Crippen LogP contribution in [0.4, 0.5) is 5.69 Å². The molecule has 1 aromatic carbocycles. The highest BCUT2D eigenvalue weighted by molar-refractivity contribution is 5.56. The number of nitrogens with one attached hydrogen (secondary N) is 1. The van der Waals surface area contributed by atoms with E-state index in [1.165, 1.54) is 24.1 Å². The standard InChI is InChI=1S/C16H26N2O/c1-3-15(17-2)14-9-4-5-10-16(14)18-11-7-6-8-13(18)12-19/h4-5,9-10,13,15,17,19H,3,6-8,11-12H2,1-2H3. The third-order valence-electron chi connectivity index (χ3n) is 4.22. The van der Waals surface area contributed by atoms with Gasteiger partial charge < -0.3 is 15.3 Å². The lowest BCUT2D eigenvalue weighted by Gasteiger charge is -2.38. The van der Waals surface area contributed by atoms with Gasteiger partial charge in [-0.1, -0.05) is 25.1 Å². The zero-order valence-corrected chi connectivity index (χ0v) is 12.1. The highest BCUT2D eigenvalue weighted by atomic mass is 16.3. The maximum atomic E-state index is 9.61. The molecule has 2 rings (SSSR count). The average Bonchev–Trinajstić information content (AvgIpc) is 2.49. The van der Waals surface area contributed by atoms with Gasteiger partial charge >= 0.3 is 0 Å². The van der Waals surface area contributed by atoms with Crippen LogP contribution >= 0.6 is 0 Å². The van der Waals surface area contributed by atoms with Crippen molar-refractivity contribution in [3.8, 4) is 0 Å². The first-order valence-corrected chi connectivity index (χ1v) is 7.45. The van der Waals surface area contributed by atoms with Crippen LogP contribution in [0, 0.1) is 0 Å². The molecule has 0 bridgehead atoms. The average molecular weight is 262 g/mol. The minimum Gasteiger partial charge on any atom is -0.394 e. The molecule has 0 aromatic heterocycles. The third kappa shape index (κ3) is 3.10. The SMILES string of the molecule is CCC(NC)c1ccccc1N1CCCCC1CO. The number of para-hydroxylation sites is 1. The van der Waals surface area contributed by atoms with Crippen molar-refractivity contribution in [3.63, 3.8) is 0 Å². The van der Waals surface area contributed by atoms with Gasteiger partial charge in [-0.3, -0.25) is 0 Å². The van der Waals surface area contributed by atoms with E-state index in [1.54, 1.807) is 0 Å². The first-order valence-electron chi connectivity index (χ1n) is 7.45. The van der Waals surface area contributed by atoms with Crippen molar-refractivity contribution in [1.29, 1.82) is 0 Å². The summed E-state index contributed by atoms with van der Waals surface area (Å²) in [5, 5.41) is 13.0. The summed E-state index contributed by atoms with van der Waals surface area (Å²) in [5.74, 6) is 0. The normalized spacial score (nSPS) is 21.4. The second-order valence-electron chi connectivity index (χ2n) is 5.33. The second-order valence-corrected chi connectivity index (χ2v) is 5.33. The van der Waals surface area contributed by atoms with Crippen molar-refractivity contribution in [3.05, 3.63) is 29.8 Å². The van der Waals surface area contributed by atoms with E-state index < -0.39 is 0 Å². The van der Waals surface area contributed by atoms with Gasteiger partial charge in [-0.05, 0) is 44.4 Å². The van der Waals surface area contributed by atoms with Crippen LogP contribution in [0.15, 0.2) is 24.3 Å². The Balaban J connectivity index is 2.32. The predicted octanol–water partition coefficient (Wildman–Crippen LogP) is 2.71. The van der Waals surface area contributed by atoms with Gasteiger partial charge in [0.2, 0.25) is 0 Å². The lowest BCUT2D eigenvalue weighted by Crippen LogP contribution is -2.42. The summed E-state index contributed by atoms with van der Waals surface area (Å²) in [7, 11) is 2.02. The van der Waals surface area contributed by atoms with Gasteiger partial charge in [-0.2, -0.15) is 0 Å². The maximum absolute atomic E-state index is 9.61. The molecule has 1 fully saturated rings. The van der Waals surface area contributed by atoms with Crippen LogP contribution in [-0.4, -0.2) is 31.3 Å². The van der Waals surface area contributed by atoms with E-state index in [-0.39, 0.29) is 12.6 Å². The predicted molar refractivity (Wildman–Crippen MR) is 80.6 cm³/mol. The van der Waals surface area contributed by atoms with E-state index in [2.05, 4.69) is 41.4 Å². The number of rotatable bonds is 5. The Morgan fingerprint density at radius 2 is 2.16 bits per heavy atom. The summed E-state index contributed by atoms with van der Waals surface area (Å²) >= 11 is 0. The summed E-state index contributed by atoms with van der Waals surface area (Å²) in [6.45, 7) is 3.52. The van der Waals surface area contributed by atoms with E-state index in [1.807, 2.05) is 7.05 Å². The lowest BCUT2D eigenvalue weighted by molar-refractivity contribution is 0.240. The zero-order valence-electron chi connectivity index (χ0n) is 12.1. The minimum absolute atomic E-state index is 0.255. The van der Waals surface area contributed by atoms with Crippen molar-refractivity contribution < 1.29 is 5.11 Å². The van der Waals surface area contributed by atoms with Crippen LogP contribution in [0.25, 0.3) is 0 Å². The largest absolute Gasteiger partial charge is 0.394 e. The molecular weight excluding hydrogens is 236 g/mol. The van der Waals surface area contributed by atoms with Gasteiger partial charge in [0.05, 0.1) is 12.6 Å². The highest BCUT2D eigenvalue weighted by Crippen LogP contribution is 2.32. The molecule has 106 valence electrons. The Kier molecular flexibility index (Phi) is 5.23. The van der Waals surface area contributed by atoms with Crippen LogP contribution < -0.4 is 10.2 Å². The molecule has 1 aliphatic rings. The fraction of sp³-hybridized carbons (Fsp3) is 0.625. The number of hydrogen-bond donors (Lipinski definition) is 2. The molecule has 0 radical (unpaired) electrons. The molecule has 0 amide bonds. The first-order chi connectivity index (χ1) is 9.31. The van der Waals surface area contributed by atoms with Crippen molar-refractivity contribution in [1.82, 2.24) is 5.32 Å². The molecule has 3 heteroatoms. The molecular formula is C16H26N2O. The maximum Gasteiger partial charge on any atom is 0.0635 e. The number of nitrogens with zero attached hydrogens (tertiary/aromatic N) is 1. The van der Waals surface area contributed by atoms with Gasteiger partial charge in [-0.25, -0.2) is 0 Å². The van der Waals surface area contributed by atoms with Crippen LogP contribution in [0.1, 0.15) is 44.2 Å². The monoisotopic (exact) mass is 262 g/mol. The molecule has 1 aromatic rings. The van der Waals surface area contributed by atoms with Crippen LogP contribution in [0.2, 0.25) is 0 Å². The molecule has 1 heterocycles. The van der Waals surface area contributed by atoms with Crippen LogP contribution in [-0.2, 0) is 0 Å². The van der Waals surface area contributed by atoms with E-state index in [4.69, 9.17) is 0 Å². The summed E-state index contributed by atoms with van der Waals surface area (Å²) in [6.07, 6.45) is 4.63. The van der Waals surface area contributed by atoms with Crippen LogP contribution in [0.3, 0.4) is 0 Å². The number of piperidine rings is 1. The summed E-state index contributed by atoms with van der Waals surface area (Å²) in [6, 6.07) is 9.29. The smallest absolute Gasteiger partial charge is 0.0635 e. The molecule has 2 unspecified atom stereocenters. The van der Waals surface area contributed by atoms with Gasteiger partial charge in [0.25, 0.3) is 0 Å². The summed E-state index contributed by atoms with van der Waals surface area (Å²) in [5.41, 5.74) is 2.65. The third-order valence-corrected chi connectivity index (χ3v) is 4.22. The second kappa shape index (κ2) is 6.92. The molecule has 2 atom stereocenters. The first kappa shape index (κ1) is 14.4. The van der Waals surface area contributed by atoms with Gasteiger partial charge in [0, 0.05) is 18.3 Å². The van der Waals surface area contributed by atoms with Gasteiger partial charge in [0.1, 0.15) is 0 Å². The molecule has 19 heavy (non-hydrogen) atoms. The van der Waals surface area contributed by atoms with Crippen LogP contribution in [0.5, 0.6) is 0 Å². The molecule has 1 saturated heterocycles. The Hall–Kier alpha value is -1.06. The zero-order chi connectivity index (χ0) is 13.7. The van der Waals surface area contributed by atoms with Gasteiger partial charge in [-0.15, -0.1) is 0 Å². The Labute approximate surface area is 116 Å². The Morgan fingerprint density at radius 3 is 2.84 bits per heavy atom. The van der Waals surface area contributed by atoms with Crippen molar-refractivity contribution in [2.75, 3.05) is 25.1 Å². The number of aliphatic hydroxyl groups is 1. The van der Waals surface area contributed by atoms with E-state index in [9.17, 15) is 5.11 Å². The molecule has 0 saturated carbocycles. The molecule has 0 spiro atoms. The van der Waals surface area contributed by atoms with E-state index in [0.717, 1.165) is 19.4 Å². The van der Waals surface area contributed by atoms with Crippen molar-refractivity contribution in [2.45, 2.75) is 44.7 Å². The quantitative estimate of drug-likeness (QED) is 0.856. The lowest BCUT2D eigenvalue weighted by atomic mass is 9.97. The molecule has 0 aliphatic carbocycles.